The number of nitrogens with zero attached hydrogens (tertiary/aromatic N) is 2. The zero-order valence-electron chi connectivity index (χ0n) is 18.8. The molecule has 0 aliphatic carbocycles. The first-order chi connectivity index (χ1) is 16.9. The van der Waals surface area contributed by atoms with Crippen LogP contribution in [0, 0.1) is 5.82 Å². The number of rotatable bonds is 8. The molecule has 0 atom stereocenters. The number of carbonyl (C=O) groups excluding carboxylic acids is 1. The first-order valence-electron chi connectivity index (χ1n) is 10.9. The van der Waals surface area contributed by atoms with Crippen LogP contribution in [0.4, 0.5) is 15.8 Å². The molecule has 0 saturated heterocycles. The second-order valence-electron chi connectivity index (χ2n) is 7.60. The van der Waals surface area contributed by atoms with Crippen molar-refractivity contribution in [2.24, 2.45) is 0 Å². The summed E-state index contributed by atoms with van der Waals surface area (Å²) in [5, 5.41) is 10.6. The summed E-state index contributed by atoms with van der Waals surface area (Å²) in [5.74, 6) is -0.0889. The Balaban J connectivity index is 1.75. The first kappa shape index (κ1) is 24.0. The van der Waals surface area contributed by atoms with Crippen LogP contribution in [-0.2, 0) is 0 Å². The van der Waals surface area contributed by atoms with E-state index >= 15 is 0 Å². The van der Waals surface area contributed by atoms with Gasteiger partial charge in [-0.1, -0.05) is 30.7 Å². The molecule has 0 bridgehead atoms. The quantitative estimate of drug-likeness (QED) is 0.329. The van der Waals surface area contributed by atoms with Gasteiger partial charge in [-0.2, -0.15) is 9.78 Å². The Morgan fingerprint density at radius 2 is 1.86 bits per heavy atom. The van der Waals surface area contributed by atoms with E-state index in [-0.39, 0.29) is 17.3 Å². The van der Waals surface area contributed by atoms with Crippen LogP contribution in [0.5, 0.6) is 11.5 Å². The molecular formula is C26H22ClFN4O3. The third-order valence-corrected chi connectivity index (χ3v) is 5.20. The minimum absolute atomic E-state index is 0.0791. The van der Waals surface area contributed by atoms with E-state index in [2.05, 4.69) is 15.7 Å². The van der Waals surface area contributed by atoms with Crippen molar-refractivity contribution in [3.63, 3.8) is 0 Å². The first-order valence-corrected chi connectivity index (χ1v) is 11.3. The van der Waals surface area contributed by atoms with E-state index in [9.17, 15) is 14.0 Å². The highest BCUT2D eigenvalue weighted by Crippen LogP contribution is 2.30. The molecule has 9 heteroatoms. The Morgan fingerprint density at radius 1 is 1.09 bits per heavy atom. The lowest BCUT2D eigenvalue weighted by Crippen LogP contribution is -2.25. The third kappa shape index (κ3) is 5.85. The maximum atomic E-state index is 13.5. The summed E-state index contributed by atoms with van der Waals surface area (Å²) in [5.41, 5.74) is 0.863. The molecule has 1 heterocycles. The molecule has 3 aromatic carbocycles. The molecule has 2 N–H and O–H groups in total. The van der Waals surface area contributed by atoms with Crippen LogP contribution in [0.2, 0.25) is 5.02 Å². The topological polar surface area (TPSA) is 85.2 Å². The molecule has 1 aromatic heterocycles. The van der Waals surface area contributed by atoms with Gasteiger partial charge in [0.15, 0.2) is 11.4 Å². The van der Waals surface area contributed by atoms with Crippen molar-refractivity contribution < 1.29 is 13.9 Å². The molecule has 0 fully saturated rings. The Bertz CT molecular complexity index is 1410. The van der Waals surface area contributed by atoms with Gasteiger partial charge in [-0.05, 0) is 67.1 Å². The molecule has 0 unspecified atom stereocenters. The maximum Gasteiger partial charge on any atom is 0.299 e. The SMILES string of the molecule is CCCNC(=O)c1cccc(Nc2c(Oc3cccc(Cl)c3)cnn(-c3ccc(F)cc3)c2=O)c1. The molecule has 0 aliphatic heterocycles. The molecule has 35 heavy (non-hydrogen) atoms. The van der Waals surface area contributed by atoms with Gasteiger partial charge in [0.05, 0.1) is 11.9 Å². The van der Waals surface area contributed by atoms with Gasteiger partial charge < -0.3 is 15.4 Å². The summed E-state index contributed by atoms with van der Waals surface area (Å²) in [6.45, 7) is 2.52. The number of halogens is 2. The normalized spacial score (nSPS) is 10.6. The number of ether oxygens (including phenoxy) is 1. The molecule has 4 rings (SSSR count). The van der Waals surface area contributed by atoms with E-state index in [0.29, 0.717) is 34.3 Å². The molecule has 4 aromatic rings. The van der Waals surface area contributed by atoms with Crippen molar-refractivity contribution in [1.82, 2.24) is 15.1 Å². The molecule has 0 spiro atoms. The average molecular weight is 493 g/mol. The highest BCUT2D eigenvalue weighted by Gasteiger charge is 2.16. The molecule has 1 amide bonds. The summed E-state index contributed by atoms with van der Waals surface area (Å²) >= 11 is 6.07. The van der Waals surface area contributed by atoms with Gasteiger partial charge >= 0.3 is 0 Å². The fourth-order valence-electron chi connectivity index (χ4n) is 3.28. The second-order valence-corrected chi connectivity index (χ2v) is 8.03. The van der Waals surface area contributed by atoms with Crippen LogP contribution >= 0.6 is 11.6 Å². The van der Waals surface area contributed by atoms with E-state index in [4.69, 9.17) is 16.3 Å². The van der Waals surface area contributed by atoms with Crippen LogP contribution in [0.15, 0.2) is 83.8 Å². The van der Waals surface area contributed by atoms with Crippen molar-refractivity contribution in [2.75, 3.05) is 11.9 Å². The van der Waals surface area contributed by atoms with Gasteiger partial charge in [0, 0.05) is 22.8 Å². The highest BCUT2D eigenvalue weighted by molar-refractivity contribution is 6.30. The number of amides is 1. The molecule has 0 radical (unpaired) electrons. The lowest BCUT2D eigenvalue weighted by atomic mass is 10.2. The molecular weight excluding hydrogens is 471 g/mol. The summed E-state index contributed by atoms with van der Waals surface area (Å²) in [6.07, 6.45) is 2.19. The van der Waals surface area contributed by atoms with Gasteiger partial charge in [0.25, 0.3) is 11.5 Å². The number of hydrogen-bond acceptors (Lipinski definition) is 5. The highest BCUT2D eigenvalue weighted by atomic mass is 35.5. The lowest BCUT2D eigenvalue weighted by molar-refractivity contribution is 0.0953. The van der Waals surface area contributed by atoms with Gasteiger partial charge in [-0.25, -0.2) is 4.39 Å². The molecule has 178 valence electrons. The number of benzene rings is 3. The van der Waals surface area contributed by atoms with E-state index in [0.717, 1.165) is 11.1 Å². The Kier molecular flexibility index (Phi) is 7.42. The van der Waals surface area contributed by atoms with Crippen LogP contribution in [-0.4, -0.2) is 22.2 Å². The predicted octanol–water partition coefficient (Wildman–Crippen LogP) is 5.70. The summed E-state index contributed by atoms with van der Waals surface area (Å²) in [6, 6.07) is 18.9. The summed E-state index contributed by atoms with van der Waals surface area (Å²) in [4.78, 5) is 25.9. The van der Waals surface area contributed by atoms with E-state index in [1.165, 1.54) is 30.5 Å². The summed E-state index contributed by atoms with van der Waals surface area (Å²) in [7, 11) is 0. The van der Waals surface area contributed by atoms with Crippen LogP contribution in [0.1, 0.15) is 23.7 Å². The minimum Gasteiger partial charge on any atom is -0.453 e. The monoisotopic (exact) mass is 492 g/mol. The van der Waals surface area contributed by atoms with Gasteiger partial charge in [0.2, 0.25) is 0 Å². The van der Waals surface area contributed by atoms with Crippen LogP contribution in [0.3, 0.4) is 0 Å². The average Bonchev–Trinajstić information content (AvgIpc) is 2.86. The largest absolute Gasteiger partial charge is 0.453 e. The standard InChI is InChI=1S/C26H22ClFN4O3/c1-2-13-29-25(33)17-5-3-7-20(14-17)31-24-23(35-22-8-4-6-18(27)15-22)16-30-32(26(24)34)21-11-9-19(28)10-12-21/h3-12,14-16,31H,2,13H2,1H3,(H,29,33). The van der Waals surface area contributed by atoms with Gasteiger partial charge in [0.1, 0.15) is 11.6 Å². The second kappa shape index (κ2) is 10.8. The van der Waals surface area contributed by atoms with Crippen LogP contribution in [0.25, 0.3) is 5.69 Å². The number of anilines is 2. The minimum atomic E-state index is -0.531. The van der Waals surface area contributed by atoms with E-state index < -0.39 is 11.4 Å². The van der Waals surface area contributed by atoms with Crippen LogP contribution < -0.4 is 20.9 Å². The number of aromatic nitrogens is 2. The van der Waals surface area contributed by atoms with Crippen molar-refractivity contribution in [2.45, 2.75) is 13.3 Å². The lowest BCUT2D eigenvalue weighted by Gasteiger charge is -2.15. The van der Waals surface area contributed by atoms with Crippen molar-refractivity contribution in [1.29, 1.82) is 0 Å². The van der Waals surface area contributed by atoms with Crippen molar-refractivity contribution in [3.8, 4) is 17.2 Å². The van der Waals surface area contributed by atoms with Crippen molar-refractivity contribution >= 4 is 28.9 Å². The number of hydrogen-bond donors (Lipinski definition) is 2. The Hall–Kier alpha value is -4.17. The zero-order valence-corrected chi connectivity index (χ0v) is 19.6. The molecule has 7 nitrogen and oxygen atoms in total. The predicted molar refractivity (Wildman–Crippen MR) is 134 cm³/mol. The number of carbonyl (C=O) groups is 1. The van der Waals surface area contributed by atoms with E-state index in [1.807, 2.05) is 6.92 Å². The zero-order chi connectivity index (χ0) is 24.8. The third-order valence-electron chi connectivity index (χ3n) is 4.97. The van der Waals surface area contributed by atoms with Gasteiger partial charge in [-0.15, -0.1) is 0 Å². The molecule has 0 aliphatic rings. The van der Waals surface area contributed by atoms with Crippen molar-refractivity contribution in [3.05, 3.63) is 106 Å². The number of nitrogens with one attached hydrogen (secondary N) is 2. The fourth-order valence-corrected chi connectivity index (χ4v) is 3.46. The maximum absolute atomic E-state index is 13.5. The fraction of sp³-hybridized carbons (Fsp3) is 0.115. The Labute approximate surface area is 206 Å². The smallest absolute Gasteiger partial charge is 0.299 e. The van der Waals surface area contributed by atoms with E-state index in [1.54, 1.807) is 48.5 Å². The Morgan fingerprint density at radius 3 is 2.60 bits per heavy atom. The summed E-state index contributed by atoms with van der Waals surface area (Å²) < 4.78 is 20.5. The molecule has 0 saturated carbocycles. The van der Waals surface area contributed by atoms with Gasteiger partial charge in [-0.3, -0.25) is 9.59 Å².